The van der Waals surface area contributed by atoms with E-state index in [0.717, 1.165) is 0 Å². The molecule has 0 saturated carbocycles. The first kappa shape index (κ1) is 13.6. The number of amides is 1. The number of hydrogen-bond donors (Lipinski definition) is 2. The number of ether oxygens (including phenoxy) is 2. The van der Waals surface area contributed by atoms with Gasteiger partial charge in [0, 0.05) is 13.1 Å². The Balaban J connectivity index is 2.33. The summed E-state index contributed by atoms with van der Waals surface area (Å²) in [5.74, 6) is 0.477. The summed E-state index contributed by atoms with van der Waals surface area (Å²) in [5.41, 5.74) is 0.300. The van der Waals surface area contributed by atoms with E-state index in [1.165, 1.54) is 19.1 Å². The number of carbonyl (C=O) groups excluding carboxylic acids is 1. The number of likely N-dealkylation sites (tertiary alicyclic amines) is 1. The van der Waals surface area contributed by atoms with Gasteiger partial charge >= 0.3 is 0 Å². The Kier molecular flexibility index (Phi) is 3.92. The number of aliphatic hydroxyl groups excluding tert-OH is 2. The number of nitrogens with zero attached hydrogens (tertiary/aromatic N) is 1. The molecule has 0 radical (unpaired) electrons. The zero-order valence-corrected chi connectivity index (χ0v) is 10.9. The van der Waals surface area contributed by atoms with Crippen molar-refractivity contribution < 1.29 is 24.5 Å². The fraction of sp³-hybridized carbons (Fsp3) is 0.462. The first-order valence-corrected chi connectivity index (χ1v) is 5.95. The molecule has 0 spiro atoms. The van der Waals surface area contributed by atoms with E-state index >= 15 is 0 Å². The Morgan fingerprint density at radius 3 is 2.05 bits per heavy atom. The molecule has 104 valence electrons. The van der Waals surface area contributed by atoms with Crippen molar-refractivity contribution in [3.05, 3.63) is 23.8 Å². The Morgan fingerprint density at radius 1 is 1.16 bits per heavy atom. The summed E-state index contributed by atoms with van der Waals surface area (Å²) in [5, 5.41) is 19.0. The zero-order chi connectivity index (χ0) is 14.0. The molecule has 1 aliphatic rings. The maximum atomic E-state index is 12.4. The third-order valence-corrected chi connectivity index (χ3v) is 3.19. The van der Waals surface area contributed by atoms with Gasteiger partial charge in [0.15, 0.2) is 0 Å². The van der Waals surface area contributed by atoms with Gasteiger partial charge in [-0.1, -0.05) is 6.07 Å². The Morgan fingerprint density at radius 2 is 1.63 bits per heavy atom. The van der Waals surface area contributed by atoms with Crippen LogP contribution in [0.2, 0.25) is 0 Å². The molecule has 1 aromatic rings. The van der Waals surface area contributed by atoms with Crippen LogP contribution in [0.3, 0.4) is 0 Å². The highest BCUT2D eigenvalue weighted by molar-refractivity contribution is 6.00. The molecule has 0 unspecified atom stereocenters. The van der Waals surface area contributed by atoms with Crippen LogP contribution >= 0.6 is 0 Å². The van der Waals surface area contributed by atoms with Gasteiger partial charge < -0.3 is 24.6 Å². The predicted octanol–water partition coefficient (Wildman–Crippen LogP) is -0.119. The number of carbonyl (C=O) groups is 1. The second kappa shape index (κ2) is 5.46. The molecule has 1 amide bonds. The molecular formula is C13H17NO5. The molecular weight excluding hydrogens is 250 g/mol. The van der Waals surface area contributed by atoms with Crippen molar-refractivity contribution in [3.8, 4) is 11.5 Å². The molecule has 0 bridgehead atoms. The second-order valence-corrected chi connectivity index (χ2v) is 4.38. The van der Waals surface area contributed by atoms with Crippen molar-refractivity contribution in [2.45, 2.75) is 12.2 Å². The predicted molar refractivity (Wildman–Crippen MR) is 67.5 cm³/mol. The van der Waals surface area contributed by atoms with E-state index in [9.17, 15) is 15.0 Å². The van der Waals surface area contributed by atoms with E-state index < -0.39 is 12.2 Å². The van der Waals surface area contributed by atoms with Crippen LogP contribution in [0, 0.1) is 0 Å². The zero-order valence-electron chi connectivity index (χ0n) is 10.9. The first-order valence-electron chi connectivity index (χ1n) is 5.95. The molecule has 19 heavy (non-hydrogen) atoms. The standard InChI is InChI=1S/C13H17NO5/c1-18-10-4-3-5-11(19-2)12(10)13(17)14-6-8(15)9(16)7-14/h3-5,8-9,15-16H,6-7H2,1-2H3/t8-,9+. The number of rotatable bonds is 3. The van der Waals surface area contributed by atoms with Gasteiger partial charge in [0.25, 0.3) is 5.91 Å². The van der Waals surface area contributed by atoms with E-state index in [1.54, 1.807) is 18.2 Å². The summed E-state index contributed by atoms with van der Waals surface area (Å²) in [6.07, 6.45) is -1.82. The van der Waals surface area contributed by atoms with E-state index in [-0.39, 0.29) is 19.0 Å². The number of hydrogen-bond acceptors (Lipinski definition) is 5. The summed E-state index contributed by atoms with van der Waals surface area (Å²) in [6, 6.07) is 5.06. The van der Waals surface area contributed by atoms with Crippen molar-refractivity contribution >= 4 is 5.91 Å². The van der Waals surface area contributed by atoms with E-state index in [1.807, 2.05) is 0 Å². The minimum Gasteiger partial charge on any atom is -0.496 e. The molecule has 6 heteroatoms. The molecule has 1 aliphatic heterocycles. The number of β-amino-alcohol motifs (C(OH)–C–C–N with tert-alkyl or cyclic N) is 2. The van der Waals surface area contributed by atoms with Crippen LogP contribution in [-0.4, -0.2) is 60.5 Å². The molecule has 1 heterocycles. The first-order chi connectivity index (χ1) is 9.08. The third kappa shape index (κ3) is 2.50. The lowest BCUT2D eigenvalue weighted by Gasteiger charge is -2.19. The van der Waals surface area contributed by atoms with Gasteiger partial charge in [-0.25, -0.2) is 0 Å². The summed E-state index contributed by atoms with van der Waals surface area (Å²) < 4.78 is 10.3. The summed E-state index contributed by atoms with van der Waals surface area (Å²) >= 11 is 0. The quantitative estimate of drug-likeness (QED) is 0.798. The van der Waals surface area contributed by atoms with Gasteiger partial charge in [-0.3, -0.25) is 4.79 Å². The van der Waals surface area contributed by atoms with Crippen LogP contribution in [0.15, 0.2) is 18.2 Å². The molecule has 6 nitrogen and oxygen atoms in total. The third-order valence-electron chi connectivity index (χ3n) is 3.19. The highest BCUT2D eigenvalue weighted by Gasteiger charge is 2.35. The molecule has 0 aromatic heterocycles. The monoisotopic (exact) mass is 267 g/mol. The highest BCUT2D eigenvalue weighted by atomic mass is 16.5. The Bertz CT molecular complexity index is 444. The largest absolute Gasteiger partial charge is 0.496 e. The summed E-state index contributed by atoms with van der Waals surface area (Å²) in [4.78, 5) is 13.8. The topological polar surface area (TPSA) is 79.2 Å². The van der Waals surface area contributed by atoms with Crippen LogP contribution < -0.4 is 9.47 Å². The van der Waals surface area contributed by atoms with Crippen molar-refractivity contribution in [2.75, 3.05) is 27.3 Å². The van der Waals surface area contributed by atoms with E-state index in [4.69, 9.17) is 9.47 Å². The molecule has 0 aliphatic carbocycles. The van der Waals surface area contributed by atoms with Gasteiger partial charge in [-0.15, -0.1) is 0 Å². The van der Waals surface area contributed by atoms with Crippen LogP contribution in [-0.2, 0) is 0 Å². The second-order valence-electron chi connectivity index (χ2n) is 4.38. The lowest BCUT2D eigenvalue weighted by Crippen LogP contribution is -2.30. The van der Waals surface area contributed by atoms with Crippen molar-refractivity contribution in [2.24, 2.45) is 0 Å². The molecule has 1 saturated heterocycles. The van der Waals surface area contributed by atoms with Gasteiger partial charge in [0.2, 0.25) is 0 Å². The summed E-state index contributed by atoms with van der Waals surface area (Å²) in [7, 11) is 2.94. The SMILES string of the molecule is COc1cccc(OC)c1C(=O)N1C[C@@H](O)[C@@H](O)C1. The number of aliphatic hydroxyl groups is 2. The van der Waals surface area contributed by atoms with Crippen LogP contribution in [0.5, 0.6) is 11.5 Å². The smallest absolute Gasteiger partial charge is 0.261 e. The van der Waals surface area contributed by atoms with Crippen LogP contribution in [0.25, 0.3) is 0 Å². The van der Waals surface area contributed by atoms with Gasteiger partial charge in [0.05, 0.1) is 26.4 Å². The lowest BCUT2D eigenvalue weighted by molar-refractivity contribution is 0.0572. The van der Waals surface area contributed by atoms with Gasteiger partial charge in [-0.05, 0) is 12.1 Å². The lowest BCUT2D eigenvalue weighted by atomic mass is 10.1. The van der Waals surface area contributed by atoms with Crippen LogP contribution in [0.4, 0.5) is 0 Å². The molecule has 2 atom stereocenters. The number of methoxy groups -OCH3 is 2. The minimum atomic E-state index is -0.912. The van der Waals surface area contributed by atoms with Crippen molar-refractivity contribution in [1.82, 2.24) is 4.90 Å². The van der Waals surface area contributed by atoms with Gasteiger partial charge in [0.1, 0.15) is 17.1 Å². The number of benzene rings is 1. The Labute approximate surface area is 111 Å². The van der Waals surface area contributed by atoms with Gasteiger partial charge in [-0.2, -0.15) is 0 Å². The normalized spacial score (nSPS) is 22.4. The van der Waals surface area contributed by atoms with Crippen molar-refractivity contribution in [3.63, 3.8) is 0 Å². The fourth-order valence-electron chi connectivity index (χ4n) is 2.16. The molecule has 1 fully saturated rings. The highest BCUT2D eigenvalue weighted by Crippen LogP contribution is 2.30. The molecule has 2 rings (SSSR count). The van der Waals surface area contributed by atoms with Crippen LogP contribution in [0.1, 0.15) is 10.4 Å². The Hall–Kier alpha value is -1.79. The molecule has 1 aromatic carbocycles. The van der Waals surface area contributed by atoms with E-state index in [0.29, 0.717) is 17.1 Å². The summed E-state index contributed by atoms with van der Waals surface area (Å²) in [6.45, 7) is 0.197. The maximum Gasteiger partial charge on any atom is 0.261 e. The molecule has 2 N–H and O–H groups in total. The average molecular weight is 267 g/mol. The fourth-order valence-corrected chi connectivity index (χ4v) is 2.16. The minimum absolute atomic E-state index is 0.0984. The van der Waals surface area contributed by atoms with Crippen molar-refractivity contribution in [1.29, 1.82) is 0 Å². The maximum absolute atomic E-state index is 12.4. The average Bonchev–Trinajstić information content (AvgIpc) is 2.76. The van der Waals surface area contributed by atoms with E-state index in [2.05, 4.69) is 0 Å².